The van der Waals surface area contributed by atoms with Gasteiger partial charge in [-0.05, 0) is 36.4 Å². The van der Waals surface area contributed by atoms with Crippen molar-refractivity contribution in [3.63, 3.8) is 0 Å². The fourth-order valence-electron chi connectivity index (χ4n) is 2.50. The van der Waals surface area contributed by atoms with Gasteiger partial charge in [0.05, 0.1) is 19.8 Å². The minimum absolute atomic E-state index is 0.172. The van der Waals surface area contributed by atoms with E-state index in [0.29, 0.717) is 12.1 Å². The summed E-state index contributed by atoms with van der Waals surface area (Å²) < 4.78 is 5.33. The van der Waals surface area contributed by atoms with Gasteiger partial charge in [0.25, 0.3) is 5.91 Å². The van der Waals surface area contributed by atoms with Gasteiger partial charge >= 0.3 is 5.97 Å². The molecule has 24 heavy (non-hydrogen) atoms. The van der Waals surface area contributed by atoms with Crippen LogP contribution >= 0.6 is 11.3 Å². The molecule has 2 heterocycles. The molecule has 126 valence electrons. The quantitative estimate of drug-likeness (QED) is 0.868. The number of benzene rings is 1. The second-order valence-electron chi connectivity index (χ2n) is 5.40. The van der Waals surface area contributed by atoms with Gasteiger partial charge in [-0.25, -0.2) is 4.79 Å². The number of nitrogens with zero attached hydrogens (tertiary/aromatic N) is 1. The Morgan fingerprint density at radius 1 is 1.12 bits per heavy atom. The van der Waals surface area contributed by atoms with Crippen molar-refractivity contribution in [2.45, 2.75) is 6.54 Å². The predicted molar refractivity (Wildman–Crippen MR) is 91.9 cm³/mol. The van der Waals surface area contributed by atoms with Crippen molar-refractivity contribution in [2.75, 3.05) is 31.2 Å². The number of carbonyl (C=O) groups excluding carboxylic acids is 1. The van der Waals surface area contributed by atoms with Crippen LogP contribution in [0.1, 0.15) is 24.9 Å². The molecule has 3 rings (SSSR count). The zero-order valence-electron chi connectivity index (χ0n) is 13.0. The number of nitrogens with one attached hydrogen (secondary N) is 1. The lowest BCUT2D eigenvalue weighted by Gasteiger charge is -2.28. The third kappa shape index (κ3) is 3.93. The molecule has 0 spiro atoms. The Kier molecular flexibility index (Phi) is 5.12. The molecular formula is C17H18N2O4S. The first-order valence-electron chi connectivity index (χ1n) is 7.66. The summed E-state index contributed by atoms with van der Waals surface area (Å²) in [6, 6.07) is 10.7. The molecule has 1 saturated heterocycles. The van der Waals surface area contributed by atoms with Crippen LogP contribution in [0.2, 0.25) is 0 Å². The van der Waals surface area contributed by atoms with Crippen LogP contribution in [0, 0.1) is 0 Å². The third-order valence-electron chi connectivity index (χ3n) is 3.80. The maximum Gasteiger partial charge on any atom is 0.345 e. The molecule has 1 fully saturated rings. The van der Waals surface area contributed by atoms with Crippen LogP contribution in [0.25, 0.3) is 0 Å². The van der Waals surface area contributed by atoms with Crippen molar-refractivity contribution in [1.82, 2.24) is 5.32 Å². The van der Waals surface area contributed by atoms with E-state index in [1.807, 2.05) is 12.1 Å². The summed E-state index contributed by atoms with van der Waals surface area (Å²) in [5, 5.41) is 11.7. The lowest BCUT2D eigenvalue weighted by atomic mass is 10.1. The molecule has 1 aromatic heterocycles. The number of hydrogen-bond donors (Lipinski definition) is 2. The van der Waals surface area contributed by atoms with Gasteiger partial charge in [-0.2, -0.15) is 0 Å². The number of carboxylic acid groups (broad SMARTS) is 1. The van der Waals surface area contributed by atoms with E-state index in [0.717, 1.165) is 36.9 Å². The largest absolute Gasteiger partial charge is 0.477 e. The first-order chi connectivity index (χ1) is 11.6. The Bertz CT molecular complexity index is 720. The van der Waals surface area contributed by atoms with Crippen molar-refractivity contribution in [3.05, 3.63) is 51.7 Å². The highest BCUT2D eigenvalue weighted by atomic mass is 32.1. The Morgan fingerprint density at radius 3 is 2.46 bits per heavy atom. The van der Waals surface area contributed by atoms with Gasteiger partial charge in [-0.15, -0.1) is 11.3 Å². The maximum atomic E-state index is 12.2. The van der Waals surface area contributed by atoms with E-state index in [4.69, 9.17) is 9.84 Å². The van der Waals surface area contributed by atoms with Crippen LogP contribution in [0.5, 0.6) is 0 Å². The summed E-state index contributed by atoms with van der Waals surface area (Å²) in [5.41, 5.74) is 1.67. The Balaban J connectivity index is 1.57. The van der Waals surface area contributed by atoms with Crippen molar-refractivity contribution in [2.24, 2.45) is 0 Å². The summed E-state index contributed by atoms with van der Waals surface area (Å²) in [7, 11) is 0. The first-order valence-corrected chi connectivity index (χ1v) is 8.48. The molecule has 2 aromatic rings. The molecule has 0 bridgehead atoms. The van der Waals surface area contributed by atoms with Crippen molar-refractivity contribution >= 4 is 28.9 Å². The molecular weight excluding hydrogens is 328 g/mol. The van der Waals surface area contributed by atoms with Gasteiger partial charge in [-0.1, -0.05) is 0 Å². The van der Waals surface area contributed by atoms with Crippen molar-refractivity contribution in [3.8, 4) is 0 Å². The number of rotatable bonds is 5. The number of carboxylic acids is 1. The summed E-state index contributed by atoms with van der Waals surface area (Å²) in [6.45, 7) is 3.48. The van der Waals surface area contributed by atoms with Crippen LogP contribution < -0.4 is 10.2 Å². The van der Waals surface area contributed by atoms with Gasteiger partial charge in [0.2, 0.25) is 0 Å². The van der Waals surface area contributed by atoms with E-state index in [1.165, 1.54) is 11.3 Å². The molecule has 2 N–H and O–H groups in total. The van der Waals surface area contributed by atoms with Crippen LogP contribution in [-0.4, -0.2) is 43.3 Å². The fraction of sp³-hybridized carbons (Fsp3) is 0.294. The number of amides is 1. The number of aromatic carboxylic acids is 1. The third-order valence-corrected chi connectivity index (χ3v) is 4.87. The Morgan fingerprint density at radius 2 is 1.83 bits per heavy atom. The highest BCUT2D eigenvalue weighted by Crippen LogP contribution is 2.18. The van der Waals surface area contributed by atoms with Crippen LogP contribution in [-0.2, 0) is 11.3 Å². The number of ether oxygens (including phenoxy) is 1. The van der Waals surface area contributed by atoms with Crippen LogP contribution in [0.15, 0.2) is 36.4 Å². The second-order valence-corrected chi connectivity index (χ2v) is 6.57. The van der Waals surface area contributed by atoms with Crippen molar-refractivity contribution in [1.29, 1.82) is 0 Å². The predicted octanol–water partition coefficient (Wildman–Crippen LogP) is 2.21. The van der Waals surface area contributed by atoms with Crippen LogP contribution in [0.4, 0.5) is 5.69 Å². The standard InChI is InChI=1S/C17H18N2O4S/c20-16(18-11-14-5-6-15(24-14)17(21)22)12-1-3-13(4-2-12)19-7-9-23-10-8-19/h1-6H,7-11H2,(H,18,20)(H,21,22). The summed E-state index contributed by atoms with van der Waals surface area (Å²) in [4.78, 5) is 26.3. The molecule has 6 nitrogen and oxygen atoms in total. The minimum Gasteiger partial charge on any atom is -0.477 e. The van der Waals surface area contributed by atoms with E-state index in [-0.39, 0.29) is 10.8 Å². The van der Waals surface area contributed by atoms with Gasteiger partial charge in [0.1, 0.15) is 4.88 Å². The minimum atomic E-state index is -0.948. The summed E-state index contributed by atoms with van der Waals surface area (Å²) in [6.07, 6.45) is 0. The monoisotopic (exact) mass is 346 g/mol. The zero-order valence-corrected chi connectivity index (χ0v) is 13.8. The van der Waals surface area contributed by atoms with E-state index < -0.39 is 5.97 Å². The maximum absolute atomic E-state index is 12.2. The summed E-state index contributed by atoms with van der Waals surface area (Å²) >= 11 is 1.17. The van der Waals surface area contributed by atoms with E-state index in [9.17, 15) is 9.59 Å². The molecule has 0 radical (unpaired) electrons. The average Bonchev–Trinajstić information content (AvgIpc) is 3.10. The molecule has 0 aliphatic carbocycles. The van der Waals surface area contributed by atoms with Gasteiger partial charge in [0.15, 0.2) is 0 Å². The Labute approximate surface area is 143 Å². The van der Waals surface area contributed by atoms with E-state index >= 15 is 0 Å². The summed E-state index contributed by atoms with van der Waals surface area (Å²) in [5.74, 6) is -1.12. The number of carbonyl (C=O) groups is 2. The average molecular weight is 346 g/mol. The topological polar surface area (TPSA) is 78.9 Å². The first kappa shape index (κ1) is 16.5. The van der Waals surface area contributed by atoms with E-state index in [1.54, 1.807) is 24.3 Å². The zero-order chi connectivity index (χ0) is 16.9. The van der Waals surface area contributed by atoms with Crippen LogP contribution in [0.3, 0.4) is 0 Å². The number of thiophene rings is 1. The number of hydrogen-bond acceptors (Lipinski definition) is 5. The molecule has 0 atom stereocenters. The normalized spacial score (nSPS) is 14.4. The molecule has 1 amide bonds. The molecule has 7 heteroatoms. The van der Waals surface area contributed by atoms with E-state index in [2.05, 4.69) is 10.2 Å². The molecule has 1 aliphatic rings. The molecule has 0 unspecified atom stereocenters. The molecule has 0 saturated carbocycles. The fourth-order valence-corrected chi connectivity index (χ4v) is 3.29. The second kappa shape index (κ2) is 7.46. The molecule has 1 aromatic carbocycles. The smallest absolute Gasteiger partial charge is 0.345 e. The number of morpholine rings is 1. The highest BCUT2D eigenvalue weighted by molar-refractivity contribution is 7.13. The lowest BCUT2D eigenvalue weighted by Crippen LogP contribution is -2.36. The Hall–Kier alpha value is -2.38. The lowest BCUT2D eigenvalue weighted by molar-refractivity contribution is 0.0702. The number of anilines is 1. The SMILES string of the molecule is O=C(NCc1ccc(C(=O)O)s1)c1ccc(N2CCOCC2)cc1. The van der Waals surface area contributed by atoms with Gasteiger partial charge in [0, 0.05) is 29.2 Å². The van der Waals surface area contributed by atoms with Gasteiger partial charge in [-0.3, -0.25) is 4.79 Å². The molecule has 1 aliphatic heterocycles. The van der Waals surface area contributed by atoms with Gasteiger partial charge < -0.3 is 20.1 Å². The highest BCUT2D eigenvalue weighted by Gasteiger charge is 2.13. The van der Waals surface area contributed by atoms with Crippen molar-refractivity contribution < 1.29 is 19.4 Å².